The molecule has 0 spiro atoms. The monoisotopic (exact) mass is 380 g/mol. The summed E-state index contributed by atoms with van der Waals surface area (Å²) in [6.07, 6.45) is 0. The molecule has 26 heavy (non-hydrogen) atoms. The van der Waals surface area contributed by atoms with E-state index in [-0.39, 0.29) is 23.9 Å². The fourth-order valence-corrected chi connectivity index (χ4v) is 3.22. The van der Waals surface area contributed by atoms with Gasteiger partial charge in [-0.25, -0.2) is 0 Å². The van der Waals surface area contributed by atoms with E-state index in [0.29, 0.717) is 18.1 Å². The molecule has 0 radical (unpaired) electrons. The standard InChI is InChI=1S/C19H29ClN4O2/c1-14(2)22-18(25)13-23-8-10-24(11-9-23)15(3)19(26)21-12-16-6-4-5-7-17(16)20/h4-7,14-15H,8-13H2,1-3H3,(H,21,26)(H,22,25). The van der Waals surface area contributed by atoms with Gasteiger partial charge in [-0.2, -0.15) is 0 Å². The number of hydrogen-bond donors (Lipinski definition) is 2. The normalized spacial score (nSPS) is 17.1. The Morgan fingerprint density at radius 1 is 1.12 bits per heavy atom. The van der Waals surface area contributed by atoms with E-state index in [1.807, 2.05) is 45.0 Å². The van der Waals surface area contributed by atoms with Crippen molar-refractivity contribution in [1.29, 1.82) is 0 Å². The van der Waals surface area contributed by atoms with Crippen LogP contribution in [0, 0.1) is 0 Å². The van der Waals surface area contributed by atoms with Crippen molar-refractivity contribution in [1.82, 2.24) is 20.4 Å². The van der Waals surface area contributed by atoms with Crippen LogP contribution in [0.1, 0.15) is 26.3 Å². The van der Waals surface area contributed by atoms with Gasteiger partial charge in [-0.15, -0.1) is 0 Å². The second-order valence-electron chi connectivity index (χ2n) is 7.02. The van der Waals surface area contributed by atoms with Gasteiger partial charge in [0.25, 0.3) is 0 Å². The van der Waals surface area contributed by atoms with Crippen molar-refractivity contribution in [3.05, 3.63) is 34.9 Å². The molecule has 6 nitrogen and oxygen atoms in total. The number of benzene rings is 1. The number of piperazine rings is 1. The topological polar surface area (TPSA) is 64.7 Å². The first kappa shape index (κ1) is 20.7. The maximum Gasteiger partial charge on any atom is 0.237 e. The predicted molar refractivity (Wildman–Crippen MR) is 104 cm³/mol. The van der Waals surface area contributed by atoms with E-state index in [0.717, 1.165) is 31.7 Å². The van der Waals surface area contributed by atoms with Crippen LogP contribution < -0.4 is 10.6 Å². The van der Waals surface area contributed by atoms with Gasteiger partial charge < -0.3 is 10.6 Å². The van der Waals surface area contributed by atoms with Crippen LogP contribution in [0.2, 0.25) is 5.02 Å². The minimum absolute atomic E-state index is 0.00378. The number of hydrogen-bond acceptors (Lipinski definition) is 4. The number of carbonyl (C=O) groups excluding carboxylic acids is 2. The molecule has 1 aliphatic rings. The Balaban J connectivity index is 1.75. The summed E-state index contributed by atoms with van der Waals surface area (Å²) in [6, 6.07) is 7.47. The summed E-state index contributed by atoms with van der Waals surface area (Å²) in [6.45, 7) is 9.80. The third-order valence-electron chi connectivity index (χ3n) is 4.56. The molecule has 1 fully saturated rings. The van der Waals surface area contributed by atoms with Crippen molar-refractivity contribution in [3.63, 3.8) is 0 Å². The zero-order chi connectivity index (χ0) is 19.1. The second-order valence-corrected chi connectivity index (χ2v) is 7.43. The Bertz CT molecular complexity index is 615. The summed E-state index contributed by atoms with van der Waals surface area (Å²) in [7, 11) is 0. The molecule has 1 aromatic rings. The van der Waals surface area contributed by atoms with Crippen molar-refractivity contribution in [2.75, 3.05) is 32.7 Å². The Labute approximate surface area is 160 Å². The van der Waals surface area contributed by atoms with E-state index in [9.17, 15) is 9.59 Å². The van der Waals surface area contributed by atoms with E-state index >= 15 is 0 Å². The van der Waals surface area contributed by atoms with Crippen LogP contribution in [0.25, 0.3) is 0 Å². The van der Waals surface area contributed by atoms with Gasteiger partial charge in [0.1, 0.15) is 0 Å². The smallest absolute Gasteiger partial charge is 0.237 e. The van der Waals surface area contributed by atoms with Gasteiger partial charge in [0.15, 0.2) is 0 Å². The number of carbonyl (C=O) groups is 2. The summed E-state index contributed by atoms with van der Waals surface area (Å²) in [4.78, 5) is 28.6. The molecule has 2 amide bonds. The fraction of sp³-hybridized carbons (Fsp3) is 0.579. The first-order valence-electron chi connectivity index (χ1n) is 9.13. The highest BCUT2D eigenvalue weighted by atomic mass is 35.5. The molecule has 7 heteroatoms. The van der Waals surface area contributed by atoms with E-state index in [1.54, 1.807) is 0 Å². The Morgan fingerprint density at radius 3 is 2.38 bits per heavy atom. The molecule has 0 aromatic heterocycles. The second kappa shape index (κ2) is 9.90. The lowest BCUT2D eigenvalue weighted by Crippen LogP contribution is -2.55. The van der Waals surface area contributed by atoms with Gasteiger partial charge in [-0.3, -0.25) is 19.4 Å². The van der Waals surface area contributed by atoms with Crippen LogP contribution in [-0.4, -0.2) is 66.4 Å². The number of halogens is 1. The summed E-state index contributed by atoms with van der Waals surface area (Å²) < 4.78 is 0. The highest BCUT2D eigenvalue weighted by Crippen LogP contribution is 2.14. The number of amides is 2. The molecule has 2 N–H and O–H groups in total. The Hall–Kier alpha value is -1.63. The van der Waals surface area contributed by atoms with E-state index in [1.165, 1.54) is 0 Å². The minimum Gasteiger partial charge on any atom is -0.353 e. The lowest BCUT2D eigenvalue weighted by atomic mass is 10.2. The number of nitrogens with zero attached hydrogens (tertiary/aromatic N) is 2. The largest absolute Gasteiger partial charge is 0.353 e. The lowest BCUT2D eigenvalue weighted by Gasteiger charge is -2.37. The SMILES string of the molecule is CC(C)NC(=O)CN1CCN(C(C)C(=O)NCc2ccccc2Cl)CC1. The molecule has 1 aromatic carbocycles. The van der Waals surface area contributed by atoms with E-state index in [2.05, 4.69) is 20.4 Å². The summed E-state index contributed by atoms with van der Waals surface area (Å²) in [5, 5.41) is 6.53. The van der Waals surface area contributed by atoms with Crippen molar-refractivity contribution in [2.24, 2.45) is 0 Å². The average molecular weight is 381 g/mol. The van der Waals surface area contributed by atoms with Gasteiger partial charge in [0.05, 0.1) is 12.6 Å². The van der Waals surface area contributed by atoms with Crippen molar-refractivity contribution >= 4 is 23.4 Å². The summed E-state index contributed by atoms with van der Waals surface area (Å²) in [5.74, 6) is 0.0508. The van der Waals surface area contributed by atoms with Gasteiger partial charge in [0.2, 0.25) is 11.8 Å². The first-order chi connectivity index (χ1) is 12.4. The molecule has 1 saturated heterocycles. The maximum atomic E-state index is 12.4. The highest BCUT2D eigenvalue weighted by molar-refractivity contribution is 6.31. The Morgan fingerprint density at radius 2 is 1.77 bits per heavy atom. The maximum absolute atomic E-state index is 12.4. The van der Waals surface area contributed by atoms with Crippen LogP contribution in [0.15, 0.2) is 24.3 Å². The van der Waals surface area contributed by atoms with Crippen LogP contribution in [0.4, 0.5) is 0 Å². The highest BCUT2D eigenvalue weighted by Gasteiger charge is 2.26. The molecular formula is C19H29ClN4O2. The van der Waals surface area contributed by atoms with Crippen LogP contribution >= 0.6 is 11.6 Å². The minimum atomic E-state index is -0.205. The van der Waals surface area contributed by atoms with Crippen molar-refractivity contribution < 1.29 is 9.59 Å². The van der Waals surface area contributed by atoms with Gasteiger partial charge >= 0.3 is 0 Å². The molecule has 1 heterocycles. The average Bonchev–Trinajstić information content (AvgIpc) is 2.60. The zero-order valence-electron chi connectivity index (χ0n) is 15.8. The molecule has 0 bridgehead atoms. The molecule has 1 unspecified atom stereocenters. The van der Waals surface area contributed by atoms with Crippen molar-refractivity contribution in [3.8, 4) is 0 Å². The summed E-state index contributed by atoms with van der Waals surface area (Å²) >= 11 is 6.13. The third-order valence-corrected chi connectivity index (χ3v) is 4.93. The van der Waals surface area contributed by atoms with Gasteiger partial charge in [-0.05, 0) is 32.4 Å². The molecule has 2 rings (SSSR count). The third kappa shape index (κ3) is 6.27. The van der Waals surface area contributed by atoms with Crippen molar-refractivity contribution in [2.45, 2.75) is 39.4 Å². The fourth-order valence-electron chi connectivity index (χ4n) is 3.02. The van der Waals surface area contributed by atoms with Crippen LogP contribution in [0.5, 0.6) is 0 Å². The van der Waals surface area contributed by atoms with E-state index in [4.69, 9.17) is 11.6 Å². The van der Waals surface area contributed by atoms with Gasteiger partial charge in [-0.1, -0.05) is 29.8 Å². The molecule has 0 saturated carbocycles. The zero-order valence-corrected chi connectivity index (χ0v) is 16.6. The molecule has 1 aliphatic heterocycles. The number of nitrogens with one attached hydrogen (secondary N) is 2. The molecule has 0 aliphatic carbocycles. The lowest BCUT2D eigenvalue weighted by molar-refractivity contribution is -0.128. The number of rotatable bonds is 7. The van der Waals surface area contributed by atoms with E-state index < -0.39 is 0 Å². The summed E-state index contributed by atoms with van der Waals surface area (Å²) in [5.41, 5.74) is 0.913. The quantitative estimate of drug-likeness (QED) is 0.752. The van der Waals surface area contributed by atoms with Crippen LogP contribution in [0.3, 0.4) is 0 Å². The van der Waals surface area contributed by atoms with Crippen LogP contribution in [-0.2, 0) is 16.1 Å². The molecular weight excluding hydrogens is 352 g/mol. The Kier molecular flexibility index (Phi) is 7.87. The van der Waals surface area contributed by atoms with Gasteiger partial charge in [0, 0.05) is 43.8 Å². The first-order valence-corrected chi connectivity index (χ1v) is 9.51. The predicted octanol–water partition coefficient (Wildman–Crippen LogP) is 1.49. The molecule has 1 atom stereocenters. The molecule has 144 valence electrons.